The number of thiophene rings is 1. The summed E-state index contributed by atoms with van der Waals surface area (Å²) in [6.45, 7) is 8.56. The van der Waals surface area contributed by atoms with Crippen LogP contribution in [0.5, 0.6) is 0 Å². The normalized spacial score (nSPS) is 17.4. The van der Waals surface area contributed by atoms with E-state index < -0.39 is 0 Å². The van der Waals surface area contributed by atoms with Crippen LogP contribution in [0.2, 0.25) is 0 Å². The average molecular weight is 241 g/mol. The van der Waals surface area contributed by atoms with Crippen molar-refractivity contribution in [3.05, 3.63) is 22.4 Å². The maximum absolute atomic E-state index is 6.05. The molecule has 0 radical (unpaired) electrons. The number of ether oxygens (including phenoxy) is 1. The van der Waals surface area contributed by atoms with E-state index in [0.29, 0.717) is 5.92 Å². The number of nitrogens with two attached hydrogens (primary N) is 1. The molecular weight excluding hydrogens is 218 g/mol. The van der Waals surface area contributed by atoms with Crippen LogP contribution in [-0.4, -0.2) is 12.1 Å². The van der Waals surface area contributed by atoms with Gasteiger partial charge < -0.3 is 10.5 Å². The first kappa shape index (κ1) is 13.7. The van der Waals surface area contributed by atoms with Gasteiger partial charge in [0, 0.05) is 10.9 Å². The van der Waals surface area contributed by atoms with Crippen LogP contribution in [0, 0.1) is 5.92 Å². The summed E-state index contributed by atoms with van der Waals surface area (Å²) < 4.78 is 6.05. The third-order valence-electron chi connectivity index (χ3n) is 2.48. The Morgan fingerprint density at radius 2 is 2.00 bits per heavy atom. The highest BCUT2D eigenvalue weighted by Crippen LogP contribution is 2.27. The van der Waals surface area contributed by atoms with Crippen LogP contribution in [-0.2, 0) is 4.74 Å². The van der Waals surface area contributed by atoms with Gasteiger partial charge in [-0.15, -0.1) is 11.3 Å². The van der Waals surface area contributed by atoms with Crippen LogP contribution in [0.1, 0.15) is 45.1 Å². The SMILES string of the molecule is CC(C)CC(C)OC(c1cccs1)C(C)N. The Morgan fingerprint density at radius 3 is 2.44 bits per heavy atom. The van der Waals surface area contributed by atoms with Gasteiger partial charge in [0.25, 0.3) is 0 Å². The molecule has 3 heteroatoms. The molecule has 0 saturated heterocycles. The molecule has 1 rings (SSSR count). The van der Waals surface area contributed by atoms with Crippen LogP contribution in [0.4, 0.5) is 0 Å². The second-order valence-corrected chi connectivity index (χ2v) is 5.85. The Labute approximate surface area is 103 Å². The minimum absolute atomic E-state index is 0.0354. The highest BCUT2D eigenvalue weighted by Gasteiger charge is 2.20. The predicted molar refractivity (Wildman–Crippen MR) is 70.7 cm³/mol. The fourth-order valence-corrected chi connectivity index (χ4v) is 2.75. The lowest BCUT2D eigenvalue weighted by Gasteiger charge is -2.25. The summed E-state index contributed by atoms with van der Waals surface area (Å²) in [4.78, 5) is 1.23. The van der Waals surface area contributed by atoms with Crippen molar-refractivity contribution in [1.29, 1.82) is 0 Å². The van der Waals surface area contributed by atoms with Gasteiger partial charge in [0.15, 0.2) is 0 Å². The van der Waals surface area contributed by atoms with E-state index in [-0.39, 0.29) is 18.2 Å². The van der Waals surface area contributed by atoms with Crippen molar-refractivity contribution in [2.45, 2.75) is 52.4 Å². The monoisotopic (exact) mass is 241 g/mol. The summed E-state index contributed by atoms with van der Waals surface area (Å²) >= 11 is 1.72. The molecule has 0 aromatic carbocycles. The Balaban J connectivity index is 2.59. The first-order valence-electron chi connectivity index (χ1n) is 5.95. The quantitative estimate of drug-likeness (QED) is 0.826. The van der Waals surface area contributed by atoms with Gasteiger partial charge in [0.2, 0.25) is 0 Å². The maximum atomic E-state index is 6.05. The summed E-state index contributed by atoms with van der Waals surface area (Å²) in [5.41, 5.74) is 5.99. The molecule has 16 heavy (non-hydrogen) atoms. The summed E-state index contributed by atoms with van der Waals surface area (Å²) in [6, 6.07) is 4.18. The lowest BCUT2D eigenvalue weighted by molar-refractivity contribution is -0.0218. The zero-order valence-electron chi connectivity index (χ0n) is 10.6. The summed E-state index contributed by atoms with van der Waals surface area (Å²) in [7, 11) is 0. The molecule has 2 nitrogen and oxygen atoms in total. The zero-order chi connectivity index (χ0) is 12.1. The van der Waals surface area contributed by atoms with Crippen LogP contribution in [0.3, 0.4) is 0 Å². The largest absolute Gasteiger partial charge is 0.368 e. The van der Waals surface area contributed by atoms with Gasteiger partial charge in [-0.2, -0.15) is 0 Å². The van der Waals surface area contributed by atoms with E-state index in [2.05, 4.69) is 32.2 Å². The molecule has 0 aliphatic heterocycles. The van der Waals surface area contributed by atoms with Crippen molar-refractivity contribution in [3.63, 3.8) is 0 Å². The van der Waals surface area contributed by atoms with Gasteiger partial charge in [0.1, 0.15) is 6.10 Å². The molecule has 0 aliphatic carbocycles. The number of hydrogen-bond acceptors (Lipinski definition) is 3. The van der Waals surface area contributed by atoms with Gasteiger partial charge >= 0.3 is 0 Å². The topological polar surface area (TPSA) is 35.2 Å². The van der Waals surface area contributed by atoms with Crippen molar-refractivity contribution < 1.29 is 4.74 Å². The Kier molecular flexibility index (Phi) is 5.46. The van der Waals surface area contributed by atoms with Gasteiger partial charge in [0.05, 0.1) is 6.10 Å². The van der Waals surface area contributed by atoms with E-state index in [9.17, 15) is 0 Å². The van der Waals surface area contributed by atoms with Gasteiger partial charge in [-0.1, -0.05) is 19.9 Å². The molecule has 0 saturated carbocycles. The Bertz CT molecular complexity index is 282. The molecule has 1 aromatic rings. The minimum Gasteiger partial charge on any atom is -0.368 e. The molecule has 3 atom stereocenters. The fourth-order valence-electron chi connectivity index (χ4n) is 1.87. The zero-order valence-corrected chi connectivity index (χ0v) is 11.5. The van der Waals surface area contributed by atoms with Crippen molar-refractivity contribution in [2.75, 3.05) is 0 Å². The second kappa shape index (κ2) is 6.38. The lowest BCUT2D eigenvalue weighted by Crippen LogP contribution is -2.29. The van der Waals surface area contributed by atoms with Crippen molar-refractivity contribution in [1.82, 2.24) is 0 Å². The predicted octanol–water partition coefficient (Wildman–Crippen LogP) is 3.59. The molecule has 3 unspecified atom stereocenters. The standard InChI is InChI=1S/C13H23NOS/c1-9(2)8-10(3)15-13(11(4)14)12-6-5-7-16-12/h5-7,9-11,13H,8,14H2,1-4H3. The van der Waals surface area contributed by atoms with E-state index in [1.54, 1.807) is 11.3 Å². The number of hydrogen-bond donors (Lipinski definition) is 1. The first-order valence-corrected chi connectivity index (χ1v) is 6.83. The van der Waals surface area contributed by atoms with E-state index in [1.807, 2.05) is 13.0 Å². The molecule has 0 amide bonds. The van der Waals surface area contributed by atoms with E-state index in [1.165, 1.54) is 4.88 Å². The number of rotatable bonds is 6. The molecule has 2 N–H and O–H groups in total. The fraction of sp³-hybridized carbons (Fsp3) is 0.692. The minimum atomic E-state index is 0.0354. The molecule has 92 valence electrons. The molecule has 1 heterocycles. The van der Waals surface area contributed by atoms with Gasteiger partial charge in [-0.25, -0.2) is 0 Å². The highest BCUT2D eigenvalue weighted by atomic mass is 32.1. The van der Waals surface area contributed by atoms with Crippen LogP contribution >= 0.6 is 11.3 Å². The van der Waals surface area contributed by atoms with Crippen molar-refractivity contribution in [2.24, 2.45) is 11.7 Å². The molecule has 0 bridgehead atoms. The van der Waals surface area contributed by atoms with Crippen LogP contribution < -0.4 is 5.73 Å². The van der Waals surface area contributed by atoms with Crippen LogP contribution in [0.25, 0.3) is 0 Å². The van der Waals surface area contributed by atoms with E-state index in [4.69, 9.17) is 10.5 Å². The highest BCUT2D eigenvalue weighted by molar-refractivity contribution is 7.10. The third-order valence-corrected chi connectivity index (χ3v) is 3.42. The van der Waals surface area contributed by atoms with E-state index >= 15 is 0 Å². The lowest BCUT2D eigenvalue weighted by atomic mass is 10.1. The smallest absolute Gasteiger partial charge is 0.107 e. The summed E-state index contributed by atoms with van der Waals surface area (Å²) in [6.07, 6.45) is 1.38. The van der Waals surface area contributed by atoms with E-state index in [0.717, 1.165) is 6.42 Å². The Hall–Kier alpha value is -0.380. The average Bonchev–Trinajstić information content (AvgIpc) is 2.64. The third kappa shape index (κ3) is 4.24. The molecule has 1 aromatic heterocycles. The first-order chi connectivity index (χ1) is 7.50. The summed E-state index contributed by atoms with van der Waals surface area (Å²) in [5.74, 6) is 0.659. The van der Waals surface area contributed by atoms with Crippen molar-refractivity contribution in [3.8, 4) is 0 Å². The van der Waals surface area contributed by atoms with Crippen LogP contribution in [0.15, 0.2) is 17.5 Å². The molecular formula is C13H23NOS. The summed E-state index contributed by atoms with van der Waals surface area (Å²) in [5, 5.41) is 2.07. The molecule has 0 fully saturated rings. The molecule has 0 aliphatic rings. The molecule has 0 spiro atoms. The Morgan fingerprint density at radius 1 is 1.31 bits per heavy atom. The van der Waals surface area contributed by atoms with Gasteiger partial charge in [-0.05, 0) is 37.6 Å². The van der Waals surface area contributed by atoms with Gasteiger partial charge in [-0.3, -0.25) is 0 Å². The second-order valence-electron chi connectivity index (χ2n) is 4.87. The maximum Gasteiger partial charge on any atom is 0.107 e. The van der Waals surface area contributed by atoms with Crippen molar-refractivity contribution >= 4 is 11.3 Å².